The molecule has 0 saturated heterocycles. The van der Waals surface area contributed by atoms with Crippen molar-refractivity contribution in [3.8, 4) is 0 Å². The first-order valence-corrected chi connectivity index (χ1v) is 8.49. The zero-order chi connectivity index (χ0) is 17.2. The number of hydrogen-bond acceptors (Lipinski definition) is 5. The van der Waals surface area contributed by atoms with E-state index in [1.165, 1.54) is 11.3 Å². The number of carbonyl (C=O) groups excluding carboxylic acids is 3. The van der Waals surface area contributed by atoms with E-state index in [0.717, 1.165) is 29.7 Å². The third-order valence-corrected chi connectivity index (χ3v) is 4.75. The van der Waals surface area contributed by atoms with E-state index in [1.54, 1.807) is 6.92 Å². The minimum absolute atomic E-state index is 0.164. The number of ether oxygens (including phenoxy) is 1. The molecule has 0 radical (unpaired) electrons. The fourth-order valence-corrected chi connectivity index (χ4v) is 3.63. The highest BCUT2D eigenvalue weighted by Gasteiger charge is 2.30. The molecule has 0 atom stereocenters. The van der Waals surface area contributed by atoms with Crippen LogP contribution in [0.15, 0.2) is 0 Å². The van der Waals surface area contributed by atoms with Gasteiger partial charge in [-0.05, 0) is 31.7 Å². The molecule has 1 aliphatic rings. The topological polar surface area (TPSA) is 84.5 Å². The maximum Gasteiger partial charge on any atom is 0.414 e. The molecule has 0 aromatic carbocycles. The lowest BCUT2D eigenvalue weighted by Gasteiger charge is -2.17. The summed E-state index contributed by atoms with van der Waals surface area (Å²) in [6.07, 6.45) is 1.88. The molecule has 3 amide bonds. The Morgan fingerprint density at radius 2 is 1.91 bits per heavy atom. The zero-order valence-electron chi connectivity index (χ0n) is 13.9. The first-order valence-electron chi connectivity index (χ1n) is 7.68. The normalized spacial score (nSPS) is 13.4. The Balaban J connectivity index is 2.28. The summed E-state index contributed by atoms with van der Waals surface area (Å²) in [6.45, 7) is 7.28. The van der Waals surface area contributed by atoms with Gasteiger partial charge in [-0.15, -0.1) is 11.3 Å². The van der Waals surface area contributed by atoms with Crippen molar-refractivity contribution in [1.29, 1.82) is 0 Å². The number of nitrogens with one attached hydrogen (secondary N) is 2. The minimum atomic E-state index is -0.774. The summed E-state index contributed by atoms with van der Waals surface area (Å²) >= 11 is 1.42. The van der Waals surface area contributed by atoms with E-state index in [4.69, 9.17) is 4.74 Å². The van der Waals surface area contributed by atoms with Crippen LogP contribution in [-0.4, -0.2) is 24.5 Å². The van der Waals surface area contributed by atoms with E-state index in [-0.39, 0.29) is 12.5 Å². The second kappa shape index (κ2) is 6.70. The van der Waals surface area contributed by atoms with E-state index < -0.39 is 17.4 Å². The zero-order valence-corrected chi connectivity index (χ0v) is 14.7. The summed E-state index contributed by atoms with van der Waals surface area (Å²) in [6, 6.07) is 0. The maximum atomic E-state index is 12.4. The summed E-state index contributed by atoms with van der Waals surface area (Å²) in [5.74, 6) is -0.685. The Labute approximate surface area is 139 Å². The predicted molar refractivity (Wildman–Crippen MR) is 88.9 cm³/mol. The molecule has 1 aromatic rings. The third kappa shape index (κ3) is 3.90. The van der Waals surface area contributed by atoms with Crippen LogP contribution in [0.3, 0.4) is 0 Å². The molecule has 23 heavy (non-hydrogen) atoms. The van der Waals surface area contributed by atoms with Crippen LogP contribution in [0.4, 0.5) is 9.80 Å². The van der Waals surface area contributed by atoms with Gasteiger partial charge in [-0.2, -0.15) is 0 Å². The quantitative estimate of drug-likeness (QED) is 0.887. The molecule has 7 heteroatoms. The highest BCUT2D eigenvalue weighted by Crippen LogP contribution is 2.39. The highest BCUT2D eigenvalue weighted by atomic mass is 32.1. The monoisotopic (exact) mass is 338 g/mol. The van der Waals surface area contributed by atoms with Crippen molar-refractivity contribution in [1.82, 2.24) is 5.32 Å². The Morgan fingerprint density at radius 3 is 2.52 bits per heavy atom. The maximum absolute atomic E-state index is 12.4. The number of thiophene rings is 1. The average molecular weight is 338 g/mol. The smallest absolute Gasteiger partial charge is 0.414 e. The molecule has 126 valence electrons. The van der Waals surface area contributed by atoms with Gasteiger partial charge in [-0.25, -0.2) is 4.79 Å². The second-order valence-corrected chi connectivity index (χ2v) is 7.55. The first kappa shape index (κ1) is 17.5. The molecule has 2 rings (SSSR count). The molecule has 0 bridgehead atoms. The number of rotatable bonds is 3. The van der Waals surface area contributed by atoms with E-state index >= 15 is 0 Å². The fourth-order valence-electron chi connectivity index (χ4n) is 2.35. The van der Waals surface area contributed by atoms with Gasteiger partial charge in [-0.3, -0.25) is 14.9 Å². The lowest BCUT2D eigenvalue weighted by Crippen LogP contribution is -2.33. The van der Waals surface area contributed by atoms with Gasteiger partial charge in [0.15, 0.2) is 0 Å². The van der Waals surface area contributed by atoms with Crippen molar-refractivity contribution >= 4 is 34.2 Å². The molecule has 0 aliphatic heterocycles. The predicted octanol–water partition coefficient (Wildman–Crippen LogP) is 3.11. The summed E-state index contributed by atoms with van der Waals surface area (Å²) in [7, 11) is 0. The number of hydrogen-bond donors (Lipinski definition) is 2. The van der Waals surface area contributed by atoms with Crippen molar-refractivity contribution in [2.45, 2.75) is 47.0 Å². The van der Waals surface area contributed by atoms with Gasteiger partial charge < -0.3 is 10.1 Å². The van der Waals surface area contributed by atoms with Gasteiger partial charge in [-0.1, -0.05) is 20.8 Å². The minimum Gasteiger partial charge on any atom is -0.450 e. The van der Waals surface area contributed by atoms with Gasteiger partial charge in [0.1, 0.15) is 5.00 Å². The molecule has 1 aliphatic carbocycles. The van der Waals surface area contributed by atoms with E-state index in [1.807, 2.05) is 20.8 Å². The average Bonchev–Trinajstić information content (AvgIpc) is 2.97. The second-order valence-electron chi connectivity index (χ2n) is 6.44. The summed E-state index contributed by atoms with van der Waals surface area (Å²) in [5.41, 5.74) is 0.762. The van der Waals surface area contributed by atoms with Crippen LogP contribution in [0.25, 0.3) is 0 Å². The summed E-state index contributed by atoms with van der Waals surface area (Å²) < 4.78 is 4.75. The van der Waals surface area contributed by atoms with Gasteiger partial charge in [0.25, 0.3) is 5.91 Å². The van der Waals surface area contributed by atoms with E-state index in [9.17, 15) is 14.4 Å². The van der Waals surface area contributed by atoms with Crippen molar-refractivity contribution in [2.75, 3.05) is 11.9 Å². The molecular weight excluding hydrogens is 316 g/mol. The lowest BCUT2D eigenvalue weighted by atomic mass is 9.95. The van der Waals surface area contributed by atoms with E-state index in [2.05, 4.69) is 10.6 Å². The number of imide groups is 1. The van der Waals surface area contributed by atoms with Gasteiger partial charge in [0.05, 0.1) is 12.2 Å². The van der Waals surface area contributed by atoms with Crippen molar-refractivity contribution in [2.24, 2.45) is 5.41 Å². The Hall–Kier alpha value is -1.89. The van der Waals surface area contributed by atoms with Crippen LogP contribution in [0.2, 0.25) is 0 Å². The summed E-state index contributed by atoms with van der Waals surface area (Å²) in [5, 5.41) is 5.56. The van der Waals surface area contributed by atoms with Crippen LogP contribution in [0.1, 0.15) is 54.9 Å². The molecule has 1 heterocycles. The fraction of sp³-hybridized carbons (Fsp3) is 0.562. The first-order chi connectivity index (χ1) is 10.7. The Kier molecular flexibility index (Phi) is 5.09. The molecule has 2 N–H and O–H groups in total. The standard InChI is InChI=1S/C16H22N2O4S/c1-5-22-15(21)17-12(19)11-9-7-6-8-10(9)23-13(11)18-14(20)16(2,3)4/h5-8H2,1-4H3,(H,18,20)(H,17,19,21). The molecular formula is C16H22N2O4S. The van der Waals surface area contributed by atoms with Crippen LogP contribution in [-0.2, 0) is 22.4 Å². The van der Waals surface area contributed by atoms with Crippen LogP contribution >= 0.6 is 11.3 Å². The lowest BCUT2D eigenvalue weighted by molar-refractivity contribution is -0.123. The Bertz CT molecular complexity index is 643. The summed E-state index contributed by atoms with van der Waals surface area (Å²) in [4.78, 5) is 37.3. The van der Waals surface area contributed by atoms with Crippen LogP contribution in [0.5, 0.6) is 0 Å². The number of anilines is 1. The molecule has 0 saturated carbocycles. The van der Waals surface area contributed by atoms with Gasteiger partial charge in [0.2, 0.25) is 5.91 Å². The number of amides is 3. The molecule has 6 nitrogen and oxygen atoms in total. The van der Waals surface area contributed by atoms with Crippen molar-refractivity contribution < 1.29 is 19.1 Å². The SMILES string of the molecule is CCOC(=O)NC(=O)c1c(NC(=O)C(C)(C)C)sc2c1CCC2. The molecule has 0 unspecified atom stereocenters. The molecule has 0 fully saturated rings. The molecule has 0 spiro atoms. The van der Waals surface area contributed by atoms with Gasteiger partial charge >= 0.3 is 6.09 Å². The number of carbonyl (C=O) groups is 3. The van der Waals surface area contributed by atoms with Crippen molar-refractivity contribution in [3.05, 3.63) is 16.0 Å². The highest BCUT2D eigenvalue weighted by molar-refractivity contribution is 7.17. The number of alkyl carbamates (subject to hydrolysis) is 1. The molecule has 1 aromatic heterocycles. The van der Waals surface area contributed by atoms with Crippen molar-refractivity contribution in [3.63, 3.8) is 0 Å². The van der Waals surface area contributed by atoms with Crippen LogP contribution in [0, 0.1) is 5.41 Å². The van der Waals surface area contributed by atoms with Crippen LogP contribution < -0.4 is 10.6 Å². The number of aryl methyl sites for hydroxylation is 1. The van der Waals surface area contributed by atoms with E-state index in [0.29, 0.717) is 10.6 Å². The Morgan fingerprint density at radius 1 is 1.22 bits per heavy atom. The van der Waals surface area contributed by atoms with Gasteiger partial charge in [0, 0.05) is 10.3 Å². The third-order valence-electron chi connectivity index (χ3n) is 3.55. The largest absolute Gasteiger partial charge is 0.450 e. The number of fused-ring (bicyclic) bond motifs is 1.